The van der Waals surface area contributed by atoms with Gasteiger partial charge in [-0.2, -0.15) is 0 Å². The van der Waals surface area contributed by atoms with Crippen molar-refractivity contribution in [3.63, 3.8) is 0 Å². The fourth-order valence-electron chi connectivity index (χ4n) is 0. The molecule has 0 aromatic rings. The molecule has 0 aliphatic rings. The molecule has 0 aromatic heterocycles. The second kappa shape index (κ2) is 274. The van der Waals surface area contributed by atoms with Crippen LogP contribution >= 0.6 is 0 Å². The molecule has 0 unspecified atom stereocenters. The van der Waals surface area contributed by atoms with Crippen LogP contribution in [0.4, 0.5) is 0 Å². The van der Waals surface area contributed by atoms with Gasteiger partial charge in [0, 0.05) is 0 Å². The van der Waals surface area contributed by atoms with Crippen LogP contribution in [0.15, 0.2) is 21.4 Å². The van der Waals surface area contributed by atoms with E-state index in [1.165, 1.54) is 0 Å². The molecule has 0 aliphatic heterocycles. The number of rotatable bonds is 0. The number of nitroso groups, excluding NO2 is 1. The number of hydrogen-bond donors (Lipinski definition) is 0. The van der Waals surface area contributed by atoms with Crippen LogP contribution in [0.5, 0.6) is 0 Å². The first kappa shape index (κ1) is 55.1. The Morgan fingerprint density at radius 1 is 0.706 bits per heavy atom. The Morgan fingerprint density at radius 3 is 0.706 bits per heavy atom. The van der Waals surface area contributed by atoms with E-state index in [-0.39, 0.29) is 77.8 Å². The second-order valence-electron chi connectivity index (χ2n) is 0.298. The van der Waals surface area contributed by atoms with E-state index in [1.807, 2.05) is 0 Å². The van der Waals surface area contributed by atoms with Gasteiger partial charge in [0.25, 0.3) is 0 Å². The molecule has 101 valence electrons. The van der Waals surface area contributed by atoms with Gasteiger partial charge < -0.3 is 57.9 Å². The Bertz CT molecular complexity index is 94.4. The Hall–Kier alpha value is -0.580. The smallest absolute Gasteiger partial charge is 1.00 e. The largest absolute Gasteiger partial charge is 1.00 e. The summed E-state index contributed by atoms with van der Waals surface area (Å²) in [5.74, 6) is 0. The number of nitrogens with zero attached hydrogens (tertiary/aromatic N) is 5. The van der Waals surface area contributed by atoms with Gasteiger partial charge in [0.05, 0.1) is 0 Å². The maximum atomic E-state index is 8.00. The zero-order chi connectivity index (χ0) is 12.8. The van der Waals surface area contributed by atoms with E-state index in [9.17, 15) is 0 Å². The molecule has 17 heteroatoms. The van der Waals surface area contributed by atoms with E-state index in [4.69, 9.17) is 51.0 Å². The van der Waals surface area contributed by atoms with E-state index in [1.54, 1.807) is 0 Å². The average molecular weight is 373 g/mol. The van der Waals surface area contributed by atoms with Gasteiger partial charge >= 0.3 is 70.9 Å². The molecule has 0 atom stereocenters. The minimum absolute atomic E-state index is 0. The van der Waals surface area contributed by atoms with E-state index in [0.29, 0.717) is 0 Å². The van der Waals surface area contributed by atoms with Crippen molar-refractivity contribution in [1.29, 1.82) is 0 Å². The van der Waals surface area contributed by atoms with E-state index >= 15 is 0 Å². The predicted molar refractivity (Wildman–Crippen MR) is 48.1 cm³/mol. The summed E-state index contributed by atoms with van der Waals surface area (Å²) in [6.07, 6.45) is 0. The Morgan fingerprint density at radius 2 is 0.706 bits per heavy atom. The fraction of sp³-hybridized carbons (Fsp3) is 0. The van der Waals surface area contributed by atoms with Crippen LogP contribution in [-0.2, 0) is 19.5 Å². The summed E-state index contributed by atoms with van der Waals surface area (Å²) >= 11 is 0. The summed E-state index contributed by atoms with van der Waals surface area (Å²) in [6, 6.07) is 0. The minimum atomic E-state index is 0. The SMILES string of the molecule is O.O=N[O-].O=N[O-].O=N[O-].O=N[O-].[H-].[K+].[N-]=O.[Ru+]. The van der Waals surface area contributed by atoms with Gasteiger partial charge in [-0.1, -0.05) is 0 Å². The van der Waals surface area contributed by atoms with Crippen LogP contribution in [0.1, 0.15) is 1.43 Å². The van der Waals surface area contributed by atoms with Gasteiger partial charge in [-0.05, 0) is 0 Å². The van der Waals surface area contributed by atoms with Crippen LogP contribution < -0.4 is 51.4 Å². The first-order chi connectivity index (χ1) is 6.66. The van der Waals surface area contributed by atoms with E-state index in [2.05, 4.69) is 0 Å². The first-order valence-corrected chi connectivity index (χ1v) is 1.64. The van der Waals surface area contributed by atoms with Crippen molar-refractivity contribution >= 4 is 0 Å². The molecule has 2 N–H and O–H groups in total. The van der Waals surface area contributed by atoms with E-state index < -0.39 is 0 Å². The Labute approximate surface area is 148 Å². The van der Waals surface area contributed by atoms with Gasteiger partial charge in [-0.25, -0.2) is 0 Å². The molecular weight excluding hydrogens is 370 g/mol. The molecule has 0 spiro atoms. The van der Waals surface area contributed by atoms with Crippen molar-refractivity contribution in [2.24, 2.45) is 21.4 Å². The van der Waals surface area contributed by atoms with Crippen LogP contribution in [0.3, 0.4) is 0 Å². The molecule has 0 saturated carbocycles. The maximum absolute atomic E-state index is 8.00. The van der Waals surface area contributed by atoms with Crippen molar-refractivity contribution in [1.82, 2.24) is 0 Å². The van der Waals surface area contributed by atoms with Crippen LogP contribution in [-0.4, -0.2) is 5.48 Å². The summed E-state index contributed by atoms with van der Waals surface area (Å²) in [5, 5.41) is 36.0. The molecule has 0 aliphatic carbocycles. The first-order valence-electron chi connectivity index (χ1n) is 1.64. The summed E-state index contributed by atoms with van der Waals surface area (Å²) in [5.41, 5.74) is 5.75. The Kier molecular flexibility index (Phi) is 888. The third kappa shape index (κ3) is 8250. The third-order valence-corrected chi connectivity index (χ3v) is 0. The molecule has 0 bridgehead atoms. The molecule has 0 heterocycles. The third-order valence-electron chi connectivity index (χ3n) is 0. The van der Waals surface area contributed by atoms with Crippen molar-refractivity contribution in [2.75, 3.05) is 0 Å². The van der Waals surface area contributed by atoms with Gasteiger partial charge in [-0.3, -0.25) is 0 Å². The molecule has 0 fully saturated rings. The zero-order valence-corrected chi connectivity index (χ0v) is 12.6. The monoisotopic (exact) mass is 374 g/mol. The van der Waals surface area contributed by atoms with Crippen LogP contribution in [0.25, 0.3) is 5.59 Å². The average Bonchev–Trinajstić information content (AvgIpc) is 2.12. The summed E-state index contributed by atoms with van der Waals surface area (Å²) < 4.78 is 0. The summed E-state index contributed by atoms with van der Waals surface area (Å²) in [6.45, 7) is 0. The summed E-state index contributed by atoms with van der Waals surface area (Å²) in [7, 11) is 0. The van der Waals surface area contributed by atoms with Crippen molar-refractivity contribution in [3.05, 3.63) is 51.0 Å². The summed E-state index contributed by atoms with van der Waals surface area (Å²) in [4.78, 5) is 39.2. The molecule has 0 rings (SSSR count). The molecule has 1 radical (unpaired) electrons. The minimum Gasteiger partial charge on any atom is -1.00 e. The van der Waals surface area contributed by atoms with Crippen molar-refractivity contribution in [3.8, 4) is 0 Å². The quantitative estimate of drug-likeness (QED) is 0.248. The molecule has 0 aromatic carbocycles. The molecular formula is H3KN5O10Ru-4. The van der Waals surface area contributed by atoms with Gasteiger partial charge in [0.1, 0.15) is 0 Å². The maximum Gasteiger partial charge on any atom is 1.00 e. The van der Waals surface area contributed by atoms with Gasteiger partial charge in [0.15, 0.2) is 0 Å². The normalized spacial score (nSPS) is 3.06. The van der Waals surface area contributed by atoms with E-state index in [0.717, 1.165) is 21.4 Å². The number of hydrogen-bond acceptors (Lipinski definition) is 13. The molecule has 0 saturated heterocycles. The van der Waals surface area contributed by atoms with Crippen molar-refractivity contribution < 1.29 is 77.8 Å². The van der Waals surface area contributed by atoms with Gasteiger partial charge in [0.2, 0.25) is 0 Å². The van der Waals surface area contributed by atoms with Crippen LogP contribution in [0.2, 0.25) is 0 Å². The fourth-order valence-corrected chi connectivity index (χ4v) is 0. The predicted octanol–water partition coefficient (Wildman–Crippen LogP) is -2.39. The van der Waals surface area contributed by atoms with Crippen molar-refractivity contribution in [2.45, 2.75) is 0 Å². The van der Waals surface area contributed by atoms with Gasteiger partial charge in [-0.15, -0.1) is 21.4 Å². The molecule has 17 heavy (non-hydrogen) atoms. The second-order valence-corrected chi connectivity index (χ2v) is 0.298. The topological polar surface area (TPSA) is 281 Å². The standard InChI is InChI=1S/K.4HNO2.NO.H2O.Ru.H/c;4*2-1-3;1-2;;;/h;4*(H,2,3);;1H2;;/q+1;;;;;-1;;+1;-1/p-4. The van der Waals surface area contributed by atoms with Crippen LogP contribution in [0, 0.1) is 45.4 Å². The molecule has 0 amide bonds. The molecule has 15 nitrogen and oxygen atoms in total. The zero-order valence-electron chi connectivity index (χ0n) is 8.76. The Balaban J connectivity index is -0.00000000766.